The second-order valence-corrected chi connectivity index (χ2v) is 5.51. The van der Waals surface area contributed by atoms with Crippen LogP contribution in [0.4, 0.5) is 0 Å². The zero-order valence-electron chi connectivity index (χ0n) is 13.3. The molecule has 4 heteroatoms. The molecule has 0 radical (unpaired) electrons. The number of likely N-dealkylation sites (N-methyl/N-ethyl adjacent to an activating group) is 1. The first-order valence-corrected chi connectivity index (χ1v) is 7.75. The van der Waals surface area contributed by atoms with Gasteiger partial charge in [-0.2, -0.15) is 0 Å². The van der Waals surface area contributed by atoms with Crippen molar-refractivity contribution in [3.05, 3.63) is 0 Å². The summed E-state index contributed by atoms with van der Waals surface area (Å²) >= 11 is 0. The van der Waals surface area contributed by atoms with Crippen molar-refractivity contribution in [1.82, 2.24) is 9.80 Å². The number of amides is 1. The molecular weight excluding hydrogens is 238 g/mol. The van der Waals surface area contributed by atoms with Crippen LogP contribution >= 0.6 is 0 Å². The molecule has 114 valence electrons. The molecule has 0 bridgehead atoms. The second-order valence-electron chi connectivity index (χ2n) is 5.51. The van der Waals surface area contributed by atoms with E-state index in [4.69, 9.17) is 5.73 Å². The van der Waals surface area contributed by atoms with E-state index in [-0.39, 0.29) is 5.91 Å². The van der Waals surface area contributed by atoms with Crippen LogP contribution in [0.1, 0.15) is 47.0 Å². The molecule has 4 nitrogen and oxygen atoms in total. The number of carbonyl (C=O) groups is 1. The standard InChI is InChI=1S/C15H33N3O/c1-5-17(6-2)11-12-18(13-14(3)4)15(19)9-7-8-10-16/h14H,5-13,16H2,1-4H3. The van der Waals surface area contributed by atoms with Crippen molar-refractivity contribution in [1.29, 1.82) is 0 Å². The van der Waals surface area contributed by atoms with Crippen molar-refractivity contribution in [3.8, 4) is 0 Å². The fourth-order valence-electron chi connectivity index (χ4n) is 2.14. The molecule has 0 aromatic heterocycles. The molecule has 0 saturated carbocycles. The predicted octanol–water partition coefficient (Wildman–Crippen LogP) is 1.94. The number of carbonyl (C=O) groups excluding carboxylic acids is 1. The van der Waals surface area contributed by atoms with Gasteiger partial charge in [-0.15, -0.1) is 0 Å². The van der Waals surface area contributed by atoms with Crippen LogP contribution < -0.4 is 5.73 Å². The average Bonchev–Trinajstić information content (AvgIpc) is 2.38. The molecule has 0 aromatic rings. The Morgan fingerprint density at radius 2 is 1.74 bits per heavy atom. The van der Waals surface area contributed by atoms with E-state index in [1.807, 2.05) is 4.90 Å². The Kier molecular flexibility index (Phi) is 10.9. The van der Waals surface area contributed by atoms with Gasteiger partial charge in [-0.3, -0.25) is 4.79 Å². The number of hydrogen-bond acceptors (Lipinski definition) is 3. The molecule has 0 aliphatic carbocycles. The molecular formula is C15H33N3O. The van der Waals surface area contributed by atoms with Gasteiger partial charge in [0.2, 0.25) is 5.91 Å². The van der Waals surface area contributed by atoms with Crippen molar-refractivity contribution >= 4 is 5.91 Å². The summed E-state index contributed by atoms with van der Waals surface area (Å²) in [6, 6.07) is 0. The summed E-state index contributed by atoms with van der Waals surface area (Å²) in [6.45, 7) is 14.1. The largest absolute Gasteiger partial charge is 0.341 e. The van der Waals surface area contributed by atoms with Gasteiger partial charge in [-0.25, -0.2) is 0 Å². The van der Waals surface area contributed by atoms with Crippen molar-refractivity contribution in [3.63, 3.8) is 0 Å². The molecule has 0 heterocycles. The molecule has 0 saturated heterocycles. The zero-order chi connectivity index (χ0) is 14.7. The Hall–Kier alpha value is -0.610. The van der Waals surface area contributed by atoms with Crippen LogP contribution in [0.2, 0.25) is 0 Å². The Labute approximate surface area is 119 Å². The lowest BCUT2D eigenvalue weighted by Crippen LogP contribution is -2.40. The van der Waals surface area contributed by atoms with E-state index in [1.54, 1.807) is 0 Å². The number of hydrogen-bond donors (Lipinski definition) is 1. The van der Waals surface area contributed by atoms with Crippen molar-refractivity contribution in [2.45, 2.75) is 47.0 Å². The van der Waals surface area contributed by atoms with Gasteiger partial charge in [0.05, 0.1) is 0 Å². The van der Waals surface area contributed by atoms with E-state index in [0.29, 0.717) is 18.9 Å². The molecule has 0 fully saturated rings. The van der Waals surface area contributed by atoms with Crippen molar-refractivity contribution < 1.29 is 4.79 Å². The zero-order valence-corrected chi connectivity index (χ0v) is 13.3. The summed E-state index contributed by atoms with van der Waals surface area (Å²) < 4.78 is 0. The van der Waals surface area contributed by atoms with E-state index in [1.165, 1.54) is 0 Å². The van der Waals surface area contributed by atoms with E-state index in [2.05, 4.69) is 32.6 Å². The molecule has 0 rings (SSSR count). The van der Waals surface area contributed by atoms with Gasteiger partial charge in [0.15, 0.2) is 0 Å². The van der Waals surface area contributed by atoms with E-state index >= 15 is 0 Å². The normalized spacial score (nSPS) is 11.3. The summed E-state index contributed by atoms with van der Waals surface area (Å²) in [7, 11) is 0. The average molecular weight is 271 g/mol. The molecule has 0 aliphatic heterocycles. The summed E-state index contributed by atoms with van der Waals surface area (Å²) in [5.74, 6) is 0.810. The van der Waals surface area contributed by atoms with E-state index in [9.17, 15) is 4.79 Å². The molecule has 0 aliphatic rings. The Morgan fingerprint density at radius 3 is 2.21 bits per heavy atom. The lowest BCUT2D eigenvalue weighted by molar-refractivity contribution is -0.132. The third kappa shape index (κ3) is 9.00. The second kappa shape index (κ2) is 11.2. The smallest absolute Gasteiger partial charge is 0.222 e. The highest BCUT2D eigenvalue weighted by atomic mass is 16.2. The molecule has 0 aromatic carbocycles. The molecule has 1 amide bonds. The van der Waals surface area contributed by atoms with Gasteiger partial charge in [0.25, 0.3) is 0 Å². The Morgan fingerprint density at radius 1 is 1.11 bits per heavy atom. The maximum atomic E-state index is 12.2. The SMILES string of the molecule is CCN(CC)CCN(CC(C)C)C(=O)CCCCN. The van der Waals surface area contributed by atoms with Gasteiger partial charge in [0, 0.05) is 26.1 Å². The lowest BCUT2D eigenvalue weighted by atomic mass is 10.1. The Balaban J connectivity index is 4.24. The van der Waals surface area contributed by atoms with Crippen molar-refractivity contribution in [2.24, 2.45) is 11.7 Å². The fourth-order valence-corrected chi connectivity index (χ4v) is 2.14. The first-order chi connectivity index (χ1) is 9.04. The summed E-state index contributed by atoms with van der Waals surface area (Å²) in [6.07, 6.45) is 2.49. The van der Waals surface area contributed by atoms with Crippen LogP contribution in [0, 0.1) is 5.92 Å². The topological polar surface area (TPSA) is 49.6 Å². The maximum Gasteiger partial charge on any atom is 0.222 e. The van der Waals surface area contributed by atoms with Crippen LogP contribution in [-0.4, -0.2) is 55.0 Å². The third-order valence-electron chi connectivity index (χ3n) is 3.36. The summed E-state index contributed by atoms with van der Waals surface area (Å²) in [5.41, 5.74) is 5.47. The minimum Gasteiger partial charge on any atom is -0.341 e. The number of nitrogens with two attached hydrogens (primary N) is 1. The van der Waals surface area contributed by atoms with Gasteiger partial charge in [-0.1, -0.05) is 27.7 Å². The van der Waals surface area contributed by atoms with E-state index < -0.39 is 0 Å². The van der Waals surface area contributed by atoms with Gasteiger partial charge >= 0.3 is 0 Å². The van der Waals surface area contributed by atoms with Gasteiger partial charge < -0.3 is 15.5 Å². The van der Waals surface area contributed by atoms with Crippen LogP contribution in [0.3, 0.4) is 0 Å². The van der Waals surface area contributed by atoms with Crippen LogP contribution in [0.5, 0.6) is 0 Å². The number of nitrogens with zero attached hydrogens (tertiary/aromatic N) is 2. The van der Waals surface area contributed by atoms with Gasteiger partial charge in [-0.05, 0) is 38.4 Å². The molecule has 0 atom stereocenters. The fraction of sp³-hybridized carbons (Fsp3) is 0.933. The molecule has 2 N–H and O–H groups in total. The number of unbranched alkanes of at least 4 members (excludes halogenated alkanes) is 1. The minimum atomic E-state index is 0.286. The van der Waals surface area contributed by atoms with E-state index in [0.717, 1.165) is 45.6 Å². The predicted molar refractivity (Wildman–Crippen MR) is 82.1 cm³/mol. The van der Waals surface area contributed by atoms with Crippen LogP contribution in [0.25, 0.3) is 0 Å². The summed E-state index contributed by atoms with van der Waals surface area (Å²) in [4.78, 5) is 16.6. The summed E-state index contributed by atoms with van der Waals surface area (Å²) in [5, 5.41) is 0. The quantitative estimate of drug-likeness (QED) is 0.584. The highest BCUT2D eigenvalue weighted by Crippen LogP contribution is 2.05. The third-order valence-corrected chi connectivity index (χ3v) is 3.36. The van der Waals surface area contributed by atoms with Crippen LogP contribution in [0.15, 0.2) is 0 Å². The maximum absolute atomic E-state index is 12.2. The molecule has 0 spiro atoms. The van der Waals surface area contributed by atoms with Crippen LogP contribution in [-0.2, 0) is 4.79 Å². The first-order valence-electron chi connectivity index (χ1n) is 7.75. The first kappa shape index (κ1) is 18.4. The highest BCUT2D eigenvalue weighted by molar-refractivity contribution is 5.76. The molecule has 0 unspecified atom stereocenters. The lowest BCUT2D eigenvalue weighted by Gasteiger charge is -2.28. The minimum absolute atomic E-state index is 0.286. The monoisotopic (exact) mass is 271 g/mol. The van der Waals surface area contributed by atoms with Gasteiger partial charge in [0.1, 0.15) is 0 Å². The van der Waals surface area contributed by atoms with Crippen molar-refractivity contribution in [2.75, 3.05) is 39.3 Å². The highest BCUT2D eigenvalue weighted by Gasteiger charge is 2.15. The molecule has 19 heavy (non-hydrogen) atoms. The number of rotatable bonds is 11. The Bertz CT molecular complexity index is 227.